The van der Waals surface area contributed by atoms with E-state index in [-0.39, 0.29) is 5.35 Å². The van der Waals surface area contributed by atoms with Crippen molar-refractivity contribution in [1.82, 2.24) is 14.4 Å². The summed E-state index contributed by atoms with van der Waals surface area (Å²) in [5, 5.41) is -2.67. The minimum absolute atomic E-state index is 0.331. The molecule has 0 amide bonds. The second-order valence-electron chi connectivity index (χ2n) is 15.9. The summed E-state index contributed by atoms with van der Waals surface area (Å²) < 4.78 is 308. The molecule has 0 unspecified atom stereocenters. The van der Waals surface area contributed by atoms with Crippen LogP contribution in [0.25, 0.3) is 50.1 Å². The topological polar surface area (TPSA) is 60.7 Å². The van der Waals surface area contributed by atoms with Crippen molar-refractivity contribution >= 4 is 50.4 Å². The Morgan fingerprint density at radius 3 is 1.21 bits per heavy atom. The highest BCUT2D eigenvalue weighted by molar-refractivity contribution is 6.32. The van der Waals surface area contributed by atoms with Gasteiger partial charge in [0.05, 0.1) is 67.0 Å². The van der Waals surface area contributed by atoms with Crippen LogP contribution in [0.15, 0.2) is 70.3 Å². The monoisotopic (exact) mass is 1040 g/mol. The summed E-state index contributed by atoms with van der Waals surface area (Å²) in [6.45, 7) is 0. The van der Waals surface area contributed by atoms with Crippen molar-refractivity contribution in [2.75, 3.05) is 0 Å². The van der Waals surface area contributed by atoms with Gasteiger partial charge in [-0.15, -0.1) is 0 Å². The summed E-state index contributed by atoms with van der Waals surface area (Å²) >= 11 is 0. The van der Waals surface area contributed by atoms with Gasteiger partial charge in [0.2, 0.25) is 23.3 Å². The molecule has 8 bridgehead atoms. The number of nitrogens with one attached hydrogen (secondary N) is 2. The standard InChI is InChI=1S/C48H11F20N5/c49-28-24(29(50)37(58)44(65)36(28)57)20-10-9-17-22(26-32(53)40(61)46(67)41(62)33(26)54)15-6-5-14(71-15)21(25-30(51)38(59)45(66)39(60)31(25)52)13-3-1-11(69-13)12-2-4-16(70-12)23(19-8-7-18(20)73(19)48(10)72-17)27-34(55)42(63)47(68)43(64)35(27)56/h1-9,69,72H. The van der Waals surface area contributed by atoms with Crippen LogP contribution in [-0.4, -0.2) is 25.8 Å². The Morgan fingerprint density at radius 1 is 0.329 bits per heavy atom. The zero-order valence-electron chi connectivity index (χ0n) is 34.6. The lowest BCUT2D eigenvalue weighted by atomic mass is 9.97. The first-order valence-electron chi connectivity index (χ1n) is 20.1. The summed E-state index contributed by atoms with van der Waals surface area (Å²) in [5.41, 5.74) is -17.7. The first-order chi connectivity index (χ1) is 34.6. The molecule has 3 aliphatic heterocycles. The zero-order valence-corrected chi connectivity index (χ0v) is 34.6. The van der Waals surface area contributed by atoms with Gasteiger partial charge in [-0.3, -0.25) is 4.40 Å². The van der Waals surface area contributed by atoms with Crippen molar-refractivity contribution < 1.29 is 87.8 Å². The number of nitrogens with zero attached hydrogens (tertiary/aromatic N) is 3. The van der Waals surface area contributed by atoms with Crippen LogP contribution in [0.1, 0.15) is 22.4 Å². The minimum atomic E-state index is -2.75. The van der Waals surface area contributed by atoms with Crippen molar-refractivity contribution in [3.8, 4) is 11.1 Å². The van der Waals surface area contributed by atoms with Gasteiger partial charge in [0, 0.05) is 33.0 Å². The highest BCUT2D eigenvalue weighted by atomic mass is 19.2. The van der Waals surface area contributed by atoms with E-state index in [1.807, 2.05) is 0 Å². The van der Waals surface area contributed by atoms with Gasteiger partial charge in [-0.25, -0.2) is 97.8 Å². The average Bonchev–Trinajstić information content (AvgIpc) is 4.25. The number of benzene rings is 4. The second-order valence-corrected chi connectivity index (χ2v) is 15.9. The number of aliphatic imine (C=N–C) groups is 2. The second kappa shape index (κ2) is 15.9. The third-order valence-electron chi connectivity index (χ3n) is 12.1. The lowest BCUT2D eigenvalue weighted by Crippen LogP contribution is -2.22. The normalized spacial score (nSPS) is 14.5. The lowest BCUT2D eigenvalue weighted by Gasteiger charge is -2.14. The molecule has 7 heterocycles. The fourth-order valence-corrected chi connectivity index (χ4v) is 8.88. The Morgan fingerprint density at radius 2 is 0.712 bits per heavy atom. The van der Waals surface area contributed by atoms with E-state index in [1.54, 1.807) is 0 Å². The van der Waals surface area contributed by atoms with E-state index in [4.69, 9.17) is 0 Å². The summed E-state index contributed by atoms with van der Waals surface area (Å²) in [7, 11) is 0. The van der Waals surface area contributed by atoms with Gasteiger partial charge in [-0.05, 0) is 54.6 Å². The van der Waals surface area contributed by atoms with Crippen LogP contribution in [-0.2, 0) is 0 Å². The molecule has 2 N–H and O–H groups in total. The van der Waals surface area contributed by atoms with E-state index in [9.17, 15) is 26.3 Å². The van der Waals surface area contributed by atoms with Crippen molar-refractivity contribution in [3.63, 3.8) is 0 Å². The van der Waals surface area contributed by atoms with Crippen molar-refractivity contribution in [1.29, 1.82) is 0 Å². The largest absolute Gasteiger partial charge is 0.353 e. The predicted molar refractivity (Wildman–Crippen MR) is 216 cm³/mol. The number of rotatable bonds is 4. The Hall–Kier alpha value is -8.64. The summed E-state index contributed by atoms with van der Waals surface area (Å²) in [6, 6.07) is 4.01. The predicted octanol–water partition coefficient (Wildman–Crippen LogP) is 10.9. The van der Waals surface area contributed by atoms with Gasteiger partial charge in [-0.2, -0.15) is 0 Å². The van der Waals surface area contributed by atoms with Crippen LogP contribution in [0.2, 0.25) is 0 Å². The molecule has 0 saturated carbocycles. The van der Waals surface area contributed by atoms with E-state index in [0.717, 1.165) is 36.4 Å². The molecule has 0 fully saturated rings. The van der Waals surface area contributed by atoms with Crippen molar-refractivity contribution in [2.24, 2.45) is 9.98 Å². The number of fused-ring (bicyclic) bond motifs is 5. The SMILES string of the molecule is Fc1c(F)c(F)c(C2=C3C=CC(=N3)C(c3c(F)c(F)c(F)c(F)c3F)=c3ccc([nH]3)=C3C=CC(=N3)C(c3c(F)c(F)c(F)c(F)c3F)=c3ccc4c(-c5c(F)c(F)c(F)c(F)c5F)c5cc2[nH]c5n34)c(F)c1F. The fraction of sp³-hybridized carbons (Fsp3) is 0. The summed E-state index contributed by atoms with van der Waals surface area (Å²) in [4.78, 5) is 13.2. The van der Waals surface area contributed by atoms with Gasteiger partial charge < -0.3 is 9.97 Å². The number of H-pyrrole nitrogens is 2. The van der Waals surface area contributed by atoms with Crippen molar-refractivity contribution in [3.05, 3.63) is 215 Å². The van der Waals surface area contributed by atoms with Gasteiger partial charge in [0.25, 0.3) is 0 Å². The number of allylic oxidation sites excluding steroid dienone is 3. The molecule has 3 aliphatic rings. The van der Waals surface area contributed by atoms with Crippen LogP contribution in [0.3, 0.4) is 0 Å². The van der Waals surface area contributed by atoms with Crippen LogP contribution in [0, 0.1) is 116 Å². The molecule has 0 atom stereocenters. The molecular formula is C48H11F20N5. The minimum Gasteiger partial charge on any atom is -0.353 e. The van der Waals surface area contributed by atoms with Crippen LogP contribution < -0.4 is 16.0 Å². The number of hydrogen-bond acceptors (Lipinski definition) is 2. The third-order valence-corrected chi connectivity index (χ3v) is 12.1. The molecule has 73 heavy (non-hydrogen) atoms. The van der Waals surface area contributed by atoms with E-state index in [0.29, 0.717) is 22.6 Å². The number of aromatic nitrogens is 3. The maximum atomic E-state index is 16.2. The molecule has 5 nitrogen and oxygen atoms in total. The maximum absolute atomic E-state index is 16.2. The molecule has 0 radical (unpaired) electrons. The first kappa shape index (κ1) is 46.7. The Labute approximate surface area is 388 Å². The number of halogens is 20. The van der Waals surface area contributed by atoms with Crippen LogP contribution in [0.4, 0.5) is 87.8 Å². The Balaban J connectivity index is 1.42. The van der Waals surface area contributed by atoms with Crippen LogP contribution in [0.5, 0.6) is 0 Å². The molecule has 4 aromatic carbocycles. The summed E-state index contributed by atoms with van der Waals surface area (Å²) in [6.07, 6.45) is 3.22. The summed E-state index contributed by atoms with van der Waals surface area (Å²) in [5.74, 6) is -52.0. The van der Waals surface area contributed by atoms with E-state index < -0.39 is 217 Å². The van der Waals surface area contributed by atoms with E-state index in [2.05, 4.69) is 20.0 Å². The highest BCUT2D eigenvalue weighted by Gasteiger charge is 2.37. The zero-order chi connectivity index (χ0) is 52.3. The molecule has 25 heteroatoms. The smallest absolute Gasteiger partial charge is 0.200 e. The molecule has 368 valence electrons. The van der Waals surface area contributed by atoms with Crippen molar-refractivity contribution in [2.45, 2.75) is 0 Å². The van der Waals surface area contributed by atoms with E-state index in [1.165, 1.54) is 0 Å². The molecule has 0 spiro atoms. The van der Waals surface area contributed by atoms with E-state index >= 15 is 61.5 Å². The van der Waals surface area contributed by atoms with Crippen LogP contribution >= 0.6 is 0 Å². The molecule has 11 rings (SSSR count). The average molecular weight is 1040 g/mol. The molecule has 8 aromatic rings. The first-order valence-corrected chi connectivity index (χ1v) is 20.1. The maximum Gasteiger partial charge on any atom is 0.200 e. The Bertz CT molecular complexity index is 4200. The van der Waals surface area contributed by atoms with Gasteiger partial charge in [0.1, 0.15) is 5.65 Å². The third kappa shape index (κ3) is 6.25. The molecule has 4 aromatic heterocycles. The van der Waals surface area contributed by atoms with Gasteiger partial charge in [0.15, 0.2) is 93.1 Å². The highest BCUT2D eigenvalue weighted by Crippen LogP contribution is 2.45. The Kier molecular flexibility index (Phi) is 10.2. The molecule has 0 saturated heterocycles. The van der Waals surface area contributed by atoms with Gasteiger partial charge in [-0.1, -0.05) is 0 Å². The van der Waals surface area contributed by atoms with Gasteiger partial charge >= 0.3 is 0 Å². The number of aromatic amines is 2. The quantitative estimate of drug-likeness (QED) is 0.100. The number of hydrogen-bond donors (Lipinski definition) is 2. The fourth-order valence-electron chi connectivity index (χ4n) is 8.88. The molecular weight excluding hydrogens is 1030 g/mol. The molecule has 0 aliphatic carbocycles. The lowest BCUT2D eigenvalue weighted by molar-refractivity contribution is 0.376.